The van der Waals surface area contributed by atoms with Gasteiger partial charge in [-0.15, -0.1) is 17.9 Å². The Hall–Kier alpha value is -2.59. The Bertz CT molecular complexity index is 1230. The van der Waals surface area contributed by atoms with E-state index >= 15 is 0 Å². The van der Waals surface area contributed by atoms with Crippen LogP contribution in [0.2, 0.25) is 0 Å². The zero-order valence-electron chi connectivity index (χ0n) is 16.3. The highest BCUT2D eigenvalue weighted by molar-refractivity contribution is 7.99. The molecule has 2 aromatic heterocycles. The van der Waals surface area contributed by atoms with E-state index in [0.29, 0.717) is 15.4 Å². The highest BCUT2D eigenvalue weighted by Crippen LogP contribution is 2.36. The minimum absolute atomic E-state index is 0.172. The minimum atomic E-state index is -4.58. The average Bonchev–Trinajstić information content (AvgIpc) is 3.29. The molecule has 0 unspecified atom stereocenters. The molecular weight excluding hydrogens is 447 g/mol. The summed E-state index contributed by atoms with van der Waals surface area (Å²) in [6.07, 6.45) is -0.193. The smallest absolute Gasteiger partial charge is 0.325 e. The number of carbonyl (C=O) groups excluding carboxylic acids is 1. The van der Waals surface area contributed by atoms with Gasteiger partial charge in [-0.05, 0) is 37.0 Å². The molecule has 0 fully saturated rings. The van der Waals surface area contributed by atoms with Gasteiger partial charge in [-0.2, -0.15) is 13.2 Å². The summed E-state index contributed by atoms with van der Waals surface area (Å²) < 4.78 is 40.9. The number of thiophene rings is 1. The fourth-order valence-electron chi connectivity index (χ4n) is 3.61. The first kappa shape index (κ1) is 21.6. The first-order valence-corrected chi connectivity index (χ1v) is 11.3. The van der Waals surface area contributed by atoms with Gasteiger partial charge in [-0.25, -0.2) is 4.98 Å². The van der Waals surface area contributed by atoms with Gasteiger partial charge in [0.15, 0.2) is 5.16 Å². The maximum Gasteiger partial charge on any atom is 0.418 e. The summed E-state index contributed by atoms with van der Waals surface area (Å²) in [6.45, 7) is 3.91. The number of fused-ring (bicyclic) bond motifs is 3. The summed E-state index contributed by atoms with van der Waals surface area (Å²) in [5, 5.41) is 3.29. The van der Waals surface area contributed by atoms with Crippen LogP contribution in [0.25, 0.3) is 10.2 Å². The molecule has 5 nitrogen and oxygen atoms in total. The van der Waals surface area contributed by atoms with Crippen molar-refractivity contribution in [3.63, 3.8) is 0 Å². The minimum Gasteiger partial charge on any atom is -0.325 e. The van der Waals surface area contributed by atoms with Gasteiger partial charge in [0.1, 0.15) is 4.83 Å². The molecule has 1 aliphatic rings. The Balaban J connectivity index is 1.58. The second-order valence-corrected chi connectivity index (χ2v) is 9.04. The Morgan fingerprint density at radius 3 is 2.84 bits per heavy atom. The predicted octanol–water partition coefficient (Wildman–Crippen LogP) is 4.88. The van der Waals surface area contributed by atoms with Crippen molar-refractivity contribution in [3.05, 3.63) is 63.3 Å². The Kier molecular flexibility index (Phi) is 5.94. The second kappa shape index (κ2) is 8.51. The fraction of sp³-hybridized carbons (Fsp3) is 0.286. The summed E-state index contributed by atoms with van der Waals surface area (Å²) in [5.41, 5.74) is -0.324. The number of hydrogen-bond donors (Lipinski definition) is 1. The summed E-state index contributed by atoms with van der Waals surface area (Å²) in [4.78, 5) is 31.9. The normalized spacial score (nSPS) is 13.4. The molecule has 0 saturated heterocycles. The number of aromatic nitrogens is 2. The second-order valence-electron chi connectivity index (χ2n) is 7.02. The van der Waals surface area contributed by atoms with Gasteiger partial charge in [0.25, 0.3) is 5.56 Å². The van der Waals surface area contributed by atoms with Crippen LogP contribution in [0.3, 0.4) is 0 Å². The van der Waals surface area contributed by atoms with Crippen molar-refractivity contribution in [1.82, 2.24) is 9.55 Å². The summed E-state index contributed by atoms with van der Waals surface area (Å²) in [6, 6.07) is 4.80. The van der Waals surface area contributed by atoms with Crippen LogP contribution in [-0.4, -0.2) is 21.2 Å². The summed E-state index contributed by atoms with van der Waals surface area (Å²) in [5.74, 6) is -0.804. The molecule has 1 amide bonds. The van der Waals surface area contributed by atoms with Crippen LogP contribution in [0, 0.1) is 0 Å². The average molecular weight is 466 g/mol. The monoisotopic (exact) mass is 465 g/mol. The molecule has 10 heteroatoms. The molecule has 2 heterocycles. The van der Waals surface area contributed by atoms with Gasteiger partial charge < -0.3 is 5.32 Å². The zero-order chi connectivity index (χ0) is 22.2. The number of nitrogens with zero attached hydrogens (tertiary/aromatic N) is 2. The van der Waals surface area contributed by atoms with Crippen molar-refractivity contribution in [2.24, 2.45) is 0 Å². The molecule has 0 radical (unpaired) electrons. The lowest BCUT2D eigenvalue weighted by molar-refractivity contribution is -0.137. The summed E-state index contributed by atoms with van der Waals surface area (Å²) in [7, 11) is 0. The lowest BCUT2D eigenvalue weighted by Gasteiger charge is -2.14. The molecule has 1 aliphatic carbocycles. The van der Waals surface area contributed by atoms with Crippen LogP contribution in [-0.2, 0) is 30.4 Å². The van der Waals surface area contributed by atoms with Crippen LogP contribution >= 0.6 is 23.1 Å². The van der Waals surface area contributed by atoms with Crippen molar-refractivity contribution < 1.29 is 18.0 Å². The number of alkyl halides is 3. The number of benzene rings is 1. The first-order chi connectivity index (χ1) is 14.8. The number of para-hydroxylation sites is 1. The lowest BCUT2D eigenvalue weighted by atomic mass is 10.1. The maximum atomic E-state index is 13.1. The number of amides is 1. The number of rotatable bonds is 6. The van der Waals surface area contributed by atoms with Crippen molar-refractivity contribution in [2.75, 3.05) is 11.1 Å². The van der Waals surface area contributed by atoms with Crippen LogP contribution < -0.4 is 10.9 Å². The van der Waals surface area contributed by atoms with Crippen LogP contribution in [0.4, 0.5) is 18.9 Å². The van der Waals surface area contributed by atoms with Gasteiger partial charge in [0.05, 0.1) is 22.4 Å². The number of aryl methyl sites for hydroxylation is 2. The molecule has 31 heavy (non-hydrogen) atoms. The first-order valence-electron chi connectivity index (χ1n) is 9.54. The van der Waals surface area contributed by atoms with E-state index < -0.39 is 17.6 Å². The van der Waals surface area contributed by atoms with Crippen molar-refractivity contribution in [2.45, 2.75) is 37.1 Å². The van der Waals surface area contributed by atoms with E-state index in [4.69, 9.17) is 0 Å². The van der Waals surface area contributed by atoms with Crippen molar-refractivity contribution in [3.8, 4) is 0 Å². The van der Waals surface area contributed by atoms with Gasteiger partial charge in [-0.1, -0.05) is 30.0 Å². The van der Waals surface area contributed by atoms with E-state index in [1.807, 2.05) is 0 Å². The Labute approximate surface area is 184 Å². The van der Waals surface area contributed by atoms with Gasteiger partial charge in [0.2, 0.25) is 5.91 Å². The number of carbonyl (C=O) groups is 1. The SMILES string of the molecule is C=CCn1c(SCC(=O)Nc2ccccc2C(F)(F)F)nc2sc3c(c2c1=O)CCC3. The number of anilines is 1. The molecule has 0 saturated carbocycles. The van der Waals surface area contributed by atoms with E-state index in [-0.39, 0.29) is 23.5 Å². The van der Waals surface area contributed by atoms with Gasteiger partial charge >= 0.3 is 6.18 Å². The quantitative estimate of drug-likeness (QED) is 0.320. The van der Waals surface area contributed by atoms with Crippen molar-refractivity contribution >= 4 is 44.9 Å². The molecule has 0 bridgehead atoms. The standard InChI is InChI=1S/C21H18F3N3O2S2/c1-2-10-27-19(29)17-12-6-5-9-15(12)31-18(17)26-20(27)30-11-16(28)25-14-8-4-3-7-13(14)21(22,23)24/h2-4,7-8H,1,5-6,9-11H2,(H,25,28). The largest absolute Gasteiger partial charge is 0.418 e. The Morgan fingerprint density at radius 2 is 2.10 bits per heavy atom. The third kappa shape index (κ3) is 4.27. The third-order valence-electron chi connectivity index (χ3n) is 4.94. The zero-order valence-corrected chi connectivity index (χ0v) is 17.9. The van der Waals surface area contributed by atoms with E-state index in [1.54, 1.807) is 6.08 Å². The molecule has 0 aliphatic heterocycles. The number of nitrogens with one attached hydrogen (secondary N) is 1. The van der Waals surface area contributed by atoms with E-state index in [0.717, 1.165) is 42.7 Å². The fourth-order valence-corrected chi connectivity index (χ4v) is 5.73. The molecule has 1 aromatic carbocycles. The Morgan fingerprint density at radius 1 is 1.32 bits per heavy atom. The highest BCUT2D eigenvalue weighted by Gasteiger charge is 2.33. The molecule has 1 N–H and O–H groups in total. The van der Waals surface area contributed by atoms with Gasteiger partial charge in [0, 0.05) is 11.4 Å². The number of halogens is 3. The maximum absolute atomic E-state index is 13.1. The molecule has 4 rings (SSSR count). The number of thioether (sulfide) groups is 1. The van der Waals surface area contributed by atoms with Crippen LogP contribution in [0.15, 0.2) is 46.9 Å². The predicted molar refractivity (Wildman–Crippen MR) is 117 cm³/mol. The van der Waals surface area contributed by atoms with E-state index in [9.17, 15) is 22.8 Å². The number of allylic oxidation sites excluding steroid dienone is 1. The topological polar surface area (TPSA) is 64.0 Å². The van der Waals surface area contributed by atoms with Crippen LogP contribution in [0.5, 0.6) is 0 Å². The third-order valence-corrected chi connectivity index (χ3v) is 7.10. The molecular formula is C21H18F3N3O2S2. The summed E-state index contributed by atoms with van der Waals surface area (Å²) >= 11 is 2.51. The van der Waals surface area contributed by atoms with E-state index in [2.05, 4.69) is 16.9 Å². The number of hydrogen-bond acceptors (Lipinski definition) is 5. The lowest BCUT2D eigenvalue weighted by Crippen LogP contribution is -2.24. The highest BCUT2D eigenvalue weighted by atomic mass is 32.2. The molecule has 0 atom stereocenters. The molecule has 162 valence electrons. The molecule has 0 spiro atoms. The van der Waals surface area contributed by atoms with Crippen molar-refractivity contribution in [1.29, 1.82) is 0 Å². The molecule has 3 aromatic rings. The van der Waals surface area contributed by atoms with Gasteiger partial charge in [-0.3, -0.25) is 14.2 Å². The van der Waals surface area contributed by atoms with Crippen LogP contribution in [0.1, 0.15) is 22.4 Å². The van der Waals surface area contributed by atoms with E-state index in [1.165, 1.54) is 39.0 Å².